The highest BCUT2D eigenvalue weighted by atomic mass is 16.3. The van der Waals surface area contributed by atoms with E-state index in [1.165, 1.54) is 11.1 Å². The summed E-state index contributed by atoms with van der Waals surface area (Å²) in [5.74, 6) is 0.0750. The van der Waals surface area contributed by atoms with Crippen molar-refractivity contribution in [2.75, 3.05) is 13.1 Å². The van der Waals surface area contributed by atoms with Crippen molar-refractivity contribution in [3.05, 3.63) is 35.4 Å². The molecule has 1 saturated carbocycles. The van der Waals surface area contributed by atoms with Crippen LogP contribution in [-0.2, 0) is 17.6 Å². The van der Waals surface area contributed by atoms with Crippen LogP contribution < -0.4 is 5.73 Å². The normalized spacial score (nSPS) is 29.9. The number of carbonyl (C=O) groups is 1. The molecule has 0 bridgehead atoms. The summed E-state index contributed by atoms with van der Waals surface area (Å²) < 4.78 is 0. The molecule has 3 N–H and O–H groups in total. The van der Waals surface area contributed by atoms with Crippen LogP contribution in [0.5, 0.6) is 0 Å². The first-order valence-corrected chi connectivity index (χ1v) is 7.44. The van der Waals surface area contributed by atoms with Crippen molar-refractivity contribution >= 4 is 5.91 Å². The van der Waals surface area contributed by atoms with Crippen LogP contribution in [0.2, 0.25) is 0 Å². The van der Waals surface area contributed by atoms with E-state index in [0.717, 1.165) is 25.9 Å². The van der Waals surface area contributed by atoms with Crippen LogP contribution in [0.1, 0.15) is 24.0 Å². The molecule has 108 valence electrons. The summed E-state index contributed by atoms with van der Waals surface area (Å²) in [5.41, 5.74) is 8.52. The average Bonchev–Trinajstić information content (AvgIpc) is 2.68. The van der Waals surface area contributed by atoms with Crippen LogP contribution in [-0.4, -0.2) is 41.1 Å². The fourth-order valence-corrected chi connectivity index (χ4v) is 3.40. The number of carbonyl (C=O) groups excluding carboxylic acids is 1. The van der Waals surface area contributed by atoms with Crippen molar-refractivity contribution in [3.8, 4) is 0 Å². The molecule has 1 fully saturated rings. The third kappa shape index (κ3) is 2.58. The molecule has 0 radical (unpaired) electrons. The number of nitrogens with zero attached hydrogens (tertiary/aromatic N) is 1. The molecule has 2 aliphatic rings. The van der Waals surface area contributed by atoms with E-state index >= 15 is 0 Å². The number of rotatable bonds is 1. The lowest BCUT2D eigenvalue weighted by Crippen LogP contribution is -2.37. The third-order valence-electron chi connectivity index (χ3n) is 4.66. The first-order chi connectivity index (χ1) is 9.65. The molecule has 0 saturated heterocycles. The molecular formula is C16H22N2O2. The maximum Gasteiger partial charge on any atom is 0.225 e. The topological polar surface area (TPSA) is 66.6 Å². The standard InChI is InChI=1S/C16H22N2O2/c17-14-9-13(10-15(14)19)16(20)18-7-5-11-3-1-2-4-12(11)6-8-18/h1-4,13-15,19H,5-10,17H2/t13-,14+,15+/m0/s1. The highest BCUT2D eigenvalue weighted by Gasteiger charge is 2.36. The van der Waals surface area contributed by atoms with Crippen LogP contribution in [0.15, 0.2) is 24.3 Å². The van der Waals surface area contributed by atoms with Gasteiger partial charge in [0, 0.05) is 25.0 Å². The number of hydrogen-bond donors (Lipinski definition) is 2. The van der Waals surface area contributed by atoms with Crippen LogP contribution in [0.4, 0.5) is 0 Å². The van der Waals surface area contributed by atoms with E-state index in [9.17, 15) is 9.90 Å². The number of hydrogen-bond acceptors (Lipinski definition) is 3. The molecule has 0 spiro atoms. The molecule has 0 unspecified atom stereocenters. The summed E-state index contributed by atoms with van der Waals surface area (Å²) in [7, 11) is 0. The van der Waals surface area contributed by atoms with Gasteiger partial charge in [-0.1, -0.05) is 24.3 Å². The second-order valence-corrected chi connectivity index (χ2v) is 5.99. The second kappa shape index (κ2) is 5.54. The van der Waals surface area contributed by atoms with Crippen molar-refractivity contribution in [2.24, 2.45) is 11.7 Å². The Morgan fingerprint density at radius 2 is 1.75 bits per heavy atom. The van der Waals surface area contributed by atoms with Gasteiger partial charge in [-0.15, -0.1) is 0 Å². The van der Waals surface area contributed by atoms with E-state index in [0.29, 0.717) is 12.8 Å². The summed E-state index contributed by atoms with van der Waals surface area (Å²) in [6.45, 7) is 1.55. The Bertz CT molecular complexity index is 466. The SMILES string of the molecule is N[C@@H]1C[C@H](C(=O)N2CCc3ccccc3CC2)C[C@H]1O. The fraction of sp³-hybridized carbons (Fsp3) is 0.562. The zero-order valence-electron chi connectivity index (χ0n) is 11.7. The number of amides is 1. The predicted molar refractivity (Wildman–Crippen MR) is 77.1 cm³/mol. The van der Waals surface area contributed by atoms with Crippen LogP contribution >= 0.6 is 0 Å². The molecule has 4 nitrogen and oxygen atoms in total. The molecule has 1 amide bonds. The number of nitrogens with two attached hydrogens (primary N) is 1. The van der Waals surface area contributed by atoms with Gasteiger partial charge >= 0.3 is 0 Å². The summed E-state index contributed by atoms with van der Waals surface area (Å²) >= 11 is 0. The lowest BCUT2D eigenvalue weighted by atomic mass is 10.0. The van der Waals surface area contributed by atoms with Gasteiger partial charge in [0.15, 0.2) is 0 Å². The first kappa shape index (κ1) is 13.6. The lowest BCUT2D eigenvalue weighted by Gasteiger charge is -2.23. The molecular weight excluding hydrogens is 252 g/mol. The quantitative estimate of drug-likeness (QED) is 0.792. The highest BCUT2D eigenvalue weighted by molar-refractivity contribution is 5.79. The number of aliphatic hydroxyl groups is 1. The van der Waals surface area contributed by atoms with Gasteiger partial charge in [-0.3, -0.25) is 4.79 Å². The van der Waals surface area contributed by atoms with E-state index in [-0.39, 0.29) is 17.9 Å². The first-order valence-electron chi connectivity index (χ1n) is 7.44. The molecule has 3 rings (SSSR count). The van der Waals surface area contributed by atoms with Crippen molar-refractivity contribution in [2.45, 2.75) is 37.8 Å². The molecule has 1 aliphatic heterocycles. The van der Waals surface area contributed by atoms with Gasteiger partial charge in [0.2, 0.25) is 5.91 Å². The van der Waals surface area contributed by atoms with Crippen molar-refractivity contribution in [1.29, 1.82) is 0 Å². The Kier molecular flexibility index (Phi) is 3.76. The van der Waals surface area contributed by atoms with Gasteiger partial charge in [-0.25, -0.2) is 0 Å². The second-order valence-electron chi connectivity index (χ2n) is 5.99. The Labute approximate surface area is 119 Å². The molecule has 1 aliphatic carbocycles. The van der Waals surface area contributed by atoms with Crippen molar-refractivity contribution in [3.63, 3.8) is 0 Å². The highest BCUT2D eigenvalue weighted by Crippen LogP contribution is 2.27. The summed E-state index contributed by atoms with van der Waals surface area (Å²) in [6.07, 6.45) is 2.45. The van der Waals surface area contributed by atoms with Crippen molar-refractivity contribution < 1.29 is 9.90 Å². The molecule has 0 aromatic heterocycles. The summed E-state index contributed by atoms with van der Waals surface area (Å²) in [4.78, 5) is 14.5. The van der Waals surface area contributed by atoms with Crippen LogP contribution in [0.3, 0.4) is 0 Å². The predicted octanol–water partition coefficient (Wildman–Crippen LogP) is 0.712. The Morgan fingerprint density at radius 3 is 2.25 bits per heavy atom. The molecule has 3 atom stereocenters. The van der Waals surface area contributed by atoms with Gasteiger partial charge in [-0.2, -0.15) is 0 Å². The molecule has 4 heteroatoms. The monoisotopic (exact) mass is 274 g/mol. The van der Waals surface area contributed by atoms with Gasteiger partial charge in [0.05, 0.1) is 6.10 Å². The minimum atomic E-state index is -0.520. The Morgan fingerprint density at radius 1 is 1.15 bits per heavy atom. The van der Waals surface area contributed by atoms with E-state index in [4.69, 9.17) is 5.73 Å². The van der Waals surface area contributed by atoms with E-state index in [2.05, 4.69) is 24.3 Å². The largest absolute Gasteiger partial charge is 0.391 e. The zero-order chi connectivity index (χ0) is 14.1. The molecule has 1 aromatic carbocycles. The van der Waals surface area contributed by atoms with Gasteiger partial charge in [0.25, 0.3) is 0 Å². The maximum absolute atomic E-state index is 12.6. The Hall–Kier alpha value is -1.39. The van der Waals surface area contributed by atoms with E-state index in [1.807, 2.05) is 4.90 Å². The lowest BCUT2D eigenvalue weighted by molar-refractivity contribution is -0.135. The summed E-state index contributed by atoms with van der Waals surface area (Å²) in [6, 6.07) is 8.18. The molecule has 20 heavy (non-hydrogen) atoms. The van der Waals surface area contributed by atoms with Crippen LogP contribution in [0.25, 0.3) is 0 Å². The minimum Gasteiger partial charge on any atom is -0.391 e. The smallest absolute Gasteiger partial charge is 0.225 e. The van der Waals surface area contributed by atoms with Gasteiger partial charge in [-0.05, 0) is 36.8 Å². The molecule has 1 aromatic rings. The third-order valence-corrected chi connectivity index (χ3v) is 4.66. The maximum atomic E-state index is 12.6. The van der Waals surface area contributed by atoms with Crippen LogP contribution in [0, 0.1) is 5.92 Å². The average molecular weight is 274 g/mol. The van der Waals surface area contributed by atoms with E-state index in [1.54, 1.807) is 0 Å². The Balaban J connectivity index is 1.66. The summed E-state index contributed by atoms with van der Waals surface area (Å²) in [5, 5.41) is 9.72. The molecule has 1 heterocycles. The van der Waals surface area contributed by atoms with Gasteiger partial charge in [0.1, 0.15) is 0 Å². The van der Waals surface area contributed by atoms with Gasteiger partial charge < -0.3 is 15.7 Å². The fourth-order valence-electron chi connectivity index (χ4n) is 3.40. The number of aliphatic hydroxyl groups excluding tert-OH is 1. The van der Waals surface area contributed by atoms with E-state index < -0.39 is 6.10 Å². The number of fused-ring (bicyclic) bond motifs is 1. The zero-order valence-corrected chi connectivity index (χ0v) is 11.7. The van der Waals surface area contributed by atoms with Crippen molar-refractivity contribution in [1.82, 2.24) is 4.90 Å². The minimum absolute atomic E-state index is 0.0961. The number of benzene rings is 1.